The number of pyridine rings is 1. The van der Waals surface area contributed by atoms with Gasteiger partial charge in [0.15, 0.2) is 0 Å². The number of nitrogens with zero attached hydrogens (tertiary/aromatic N) is 4. The van der Waals surface area contributed by atoms with Gasteiger partial charge in [-0.1, -0.05) is 29.8 Å². The molecule has 2 heterocycles. The van der Waals surface area contributed by atoms with Gasteiger partial charge in [0.2, 0.25) is 0 Å². The van der Waals surface area contributed by atoms with Crippen molar-refractivity contribution in [2.75, 3.05) is 0 Å². The van der Waals surface area contributed by atoms with Crippen LogP contribution in [-0.2, 0) is 0 Å². The number of amides is 1. The number of carbonyl (C=O) groups is 1. The highest BCUT2D eigenvalue weighted by Crippen LogP contribution is 2.23. The summed E-state index contributed by atoms with van der Waals surface area (Å²) in [6.07, 6.45) is 6.70. The lowest BCUT2D eigenvalue weighted by Gasteiger charge is -2.20. The van der Waals surface area contributed by atoms with Gasteiger partial charge in [-0.15, -0.1) is 10.2 Å². The highest BCUT2D eigenvalue weighted by molar-refractivity contribution is 5.94. The van der Waals surface area contributed by atoms with Crippen LogP contribution in [-0.4, -0.2) is 25.7 Å². The van der Waals surface area contributed by atoms with E-state index in [0.717, 1.165) is 16.8 Å². The predicted octanol–water partition coefficient (Wildman–Crippen LogP) is 3.49. The van der Waals surface area contributed by atoms with Crippen molar-refractivity contribution in [2.45, 2.75) is 13.0 Å². The van der Waals surface area contributed by atoms with Crippen LogP contribution < -0.4 is 5.32 Å². The van der Waals surface area contributed by atoms with Gasteiger partial charge in [0, 0.05) is 23.6 Å². The standard InChI is InChI=1S/C22H19N5O/c1-16-2-4-17(5-3-16)21(18-10-12-23-13-11-18)26-22(28)19-6-8-20(9-7-19)27-14-24-25-15-27/h2-15,21H,1H3,(H,26,28). The third-order valence-corrected chi connectivity index (χ3v) is 4.57. The summed E-state index contributed by atoms with van der Waals surface area (Å²) in [5.41, 5.74) is 4.65. The van der Waals surface area contributed by atoms with E-state index in [1.165, 1.54) is 5.56 Å². The lowest BCUT2D eigenvalue weighted by molar-refractivity contribution is 0.0943. The summed E-state index contributed by atoms with van der Waals surface area (Å²) < 4.78 is 1.79. The molecule has 138 valence electrons. The molecule has 0 fully saturated rings. The normalized spacial score (nSPS) is 11.8. The second-order valence-electron chi connectivity index (χ2n) is 6.51. The fourth-order valence-corrected chi connectivity index (χ4v) is 3.01. The van der Waals surface area contributed by atoms with E-state index in [2.05, 4.69) is 20.5 Å². The monoisotopic (exact) mass is 369 g/mol. The van der Waals surface area contributed by atoms with E-state index >= 15 is 0 Å². The third-order valence-electron chi connectivity index (χ3n) is 4.57. The van der Waals surface area contributed by atoms with E-state index in [1.54, 1.807) is 41.7 Å². The smallest absolute Gasteiger partial charge is 0.252 e. The van der Waals surface area contributed by atoms with Gasteiger partial charge in [0.1, 0.15) is 12.7 Å². The van der Waals surface area contributed by atoms with E-state index in [1.807, 2.05) is 55.5 Å². The first-order valence-electron chi connectivity index (χ1n) is 8.93. The SMILES string of the molecule is Cc1ccc(C(NC(=O)c2ccc(-n3cnnc3)cc2)c2ccncc2)cc1. The third kappa shape index (κ3) is 3.81. The minimum absolute atomic E-state index is 0.141. The van der Waals surface area contributed by atoms with Gasteiger partial charge in [-0.05, 0) is 54.4 Å². The van der Waals surface area contributed by atoms with Crippen molar-refractivity contribution >= 4 is 5.91 Å². The zero-order valence-corrected chi connectivity index (χ0v) is 15.4. The Morgan fingerprint density at radius 3 is 2.11 bits per heavy atom. The summed E-state index contributed by atoms with van der Waals surface area (Å²) in [6.45, 7) is 2.04. The second-order valence-corrected chi connectivity index (χ2v) is 6.51. The van der Waals surface area contributed by atoms with E-state index in [4.69, 9.17) is 0 Å². The van der Waals surface area contributed by atoms with Crippen LogP contribution >= 0.6 is 0 Å². The number of carbonyl (C=O) groups excluding carboxylic acids is 1. The fraction of sp³-hybridized carbons (Fsp3) is 0.0909. The second kappa shape index (κ2) is 7.84. The zero-order chi connectivity index (χ0) is 19.3. The molecule has 4 aromatic rings. The average molecular weight is 369 g/mol. The molecular weight excluding hydrogens is 350 g/mol. The lowest BCUT2D eigenvalue weighted by atomic mass is 9.98. The van der Waals surface area contributed by atoms with E-state index in [9.17, 15) is 4.79 Å². The van der Waals surface area contributed by atoms with Crippen molar-refractivity contribution in [1.29, 1.82) is 0 Å². The van der Waals surface area contributed by atoms with E-state index < -0.39 is 0 Å². The number of aryl methyl sites for hydroxylation is 1. The molecule has 6 nitrogen and oxygen atoms in total. The van der Waals surface area contributed by atoms with Crippen molar-refractivity contribution in [1.82, 2.24) is 25.1 Å². The van der Waals surface area contributed by atoms with Crippen molar-refractivity contribution in [3.05, 3.63) is 108 Å². The molecule has 0 saturated heterocycles. The largest absolute Gasteiger partial charge is 0.341 e. The highest BCUT2D eigenvalue weighted by Gasteiger charge is 2.18. The maximum atomic E-state index is 12.9. The molecular formula is C22H19N5O. The Bertz CT molecular complexity index is 1040. The van der Waals surface area contributed by atoms with Crippen LogP contribution in [0, 0.1) is 6.92 Å². The van der Waals surface area contributed by atoms with Crippen LogP contribution in [0.4, 0.5) is 0 Å². The number of nitrogens with one attached hydrogen (secondary N) is 1. The first kappa shape index (κ1) is 17.6. The van der Waals surface area contributed by atoms with Crippen molar-refractivity contribution < 1.29 is 4.79 Å². The van der Waals surface area contributed by atoms with Gasteiger partial charge in [0.05, 0.1) is 6.04 Å². The predicted molar refractivity (Wildman–Crippen MR) is 106 cm³/mol. The summed E-state index contributed by atoms with van der Waals surface area (Å²) in [5.74, 6) is -0.141. The Hall–Kier alpha value is -3.80. The number of hydrogen-bond donors (Lipinski definition) is 1. The van der Waals surface area contributed by atoms with Gasteiger partial charge >= 0.3 is 0 Å². The topological polar surface area (TPSA) is 72.7 Å². The highest BCUT2D eigenvalue weighted by atomic mass is 16.1. The first-order chi connectivity index (χ1) is 13.7. The minimum Gasteiger partial charge on any atom is -0.341 e. The Kier molecular flexibility index (Phi) is 4.93. The molecule has 0 aliphatic heterocycles. The van der Waals surface area contributed by atoms with Crippen LogP contribution in [0.1, 0.15) is 33.1 Å². The lowest BCUT2D eigenvalue weighted by Crippen LogP contribution is -2.29. The molecule has 0 spiro atoms. The zero-order valence-electron chi connectivity index (χ0n) is 15.4. The van der Waals surface area contributed by atoms with Gasteiger partial charge in [0.25, 0.3) is 5.91 Å². The van der Waals surface area contributed by atoms with Crippen LogP contribution in [0.5, 0.6) is 0 Å². The fourth-order valence-electron chi connectivity index (χ4n) is 3.01. The summed E-state index contributed by atoms with van der Waals surface area (Å²) >= 11 is 0. The maximum Gasteiger partial charge on any atom is 0.252 e. The van der Waals surface area contributed by atoms with Gasteiger partial charge < -0.3 is 5.32 Å². The molecule has 4 rings (SSSR count). The summed E-state index contributed by atoms with van der Waals surface area (Å²) in [6, 6.07) is 19.1. The molecule has 2 aromatic heterocycles. The first-order valence-corrected chi connectivity index (χ1v) is 8.93. The van der Waals surface area contributed by atoms with Crippen LogP contribution in [0.3, 0.4) is 0 Å². The van der Waals surface area contributed by atoms with Crippen molar-refractivity contribution in [2.24, 2.45) is 0 Å². The molecule has 0 aliphatic carbocycles. The Balaban J connectivity index is 1.59. The van der Waals surface area contributed by atoms with Crippen molar-refractivity contribution in [3.63, 3.8) is 0 Å². The summed E-state index contributed by atoms with van der Waals surface area (Å²) in [5, 5.41) is 10.7. The molecule has 28 heavy (non-hydrogen) atoms. The molecule has 0 aliphatic rings. The summed E-state index contributed by atoms with van der Waals surface area (Å²) in [4.78, 5) is 17.0. The Morgan fingerprint density at radius 2 is 1.46 bits per heavy atom. The molecule has 1 atom stereocenters. The number of benzene rings is 2. The van der Waals surface area contributed by atoms with E-state index in [-0.39, 0.29) is 11.9 Å². The number of aromatic nitrogens is 4. The van der Waals surface area contributed by atoms with Crippen LogP contribution in [0.25, 0.3) is 5.69 Å². The maximum absolute atomic E-state index is 12.9. The number of rotatable bonds is 5. The van der Waals surface area contributed by atoms with Crippen LogP contribution in [0.2, 0.25) is 0 Å². The van der Waals surface area contributed by atoms with Crippen molar-refractivity contribution in [3.8, 4) is 5.69 Å². The minimum atomic E-state index is -0.256. The molecule has 0 saturated carbocycles. The Labute approximate surface area is 162 Å². The molecule has 2 aromatic carbocycles. The van der Waals surface area contributed by atoms with Gasteiger partial charge in [-0.25, -0.2) is 0 Å². The molecule has 1 amide bonds. The molecule has 0 bridgehead atoms. The molecule has 6 heteroatoms. The molecule has 0 radical (unpaired) electrons. The van der Waals surface area contributed by atoms with Gasteiger partial charge in [-0.3, -0.25) is 14.3 Å². The Morgan fingerprint density at radius 1 is 0.857 bits per heavy atom. The van der Waals surface area contributed by atoms with Gasteiger partial charge in [-0.2, -0.15) is 0 Å². The summed E-state index contributed by atoms with van der Waals surface area (Å²) in [7, 11) is 0. The molecule has 1 N–H and O–H groups in total. The molecule has 1 unspecified atom stereocenters. The van der Waals surface area contributed by atoms with Crippen LogP contribution in [0.15, 0.2) is 85.7 Å². The average Bonchev–Trinajstić information content (AvgIpc) is 3.28. The number of hydrogen-bond acceptors (Lipinski definition) is 4. The quantitative estimate of drug-likeness (QED) is 0.584. The van der Waals surface area contributed by atoms with E-state index in [0.29, 0.717) is 5.56 Å².